The van der Waals surface area contributed by atoms with Crippen LogP contribution < -0.4 is 16.1 Å². The van der Waals surface area contributed by atoms with Gasteiger partial charge in [0.15, 0.2) is 0 Å². The van der Waals surface area contributed by atoms with Gasteiger partial charge in [-0.25, -0.2) is 15.3 Å². The van der Waals surface area contributed by atoms with Gasteiger partial charge in [-0.3, -0.25) is 20.3 Å². The van der Waals surface area contributed by atoms with Crippen molar-refractivity contribution in [1.29, 1.82) is 0 Å². The molecular weight excluding hydrogens is 394 g/mol. The fourth-order valence-electron chi connectivity index (χ4n) is 2.66. The van der Waals surface area contributed by atoms with E-state index in [0.29, 0.717) is 11.3 Å². The number of aromatic nitrogens is 2. The Hall–Kier alpha value is -4.22. The van der Waals surface area contributed by atoms with E-state index >= 15 is 0 Å². The third-order valence-electron chi connectivity index (χ3n) is 4.04. The Morgan fingerprint density at radius 3 is 2.42 bits per heavy atom. The van der Waals surface area contributed by atoms with Crippen molar-refractivity contribution in [1.82, 2.24) is 20.8 Å². The van der Waals surface area contributed by atoms with E-state index in [2.05, 4.69) is 32.4 Å². The van der Waals surface area contributed by atoms with Gasteiger partial charge in [-0.2, -0.15) is 0 Å². The Bertz CT molecular complexity index is 1130. The van der Waals surface area contributed by atoms with Gasteiger partial charge >= 0.3 is 6.03 Å². The lowest BCUT2D eigenvalue weighted by molar-refractivity contribution is 0.0706. The van der Waals surface area contributed by atoms with Crippen LogP contribution in [0, 0.1) is 11.8 Å². The SMILES string of the molecule is CC(C)NC(=O)Nc1cc(C(=O)NO)cc(-c2ccc(C#Cc3cccnc3)cc2)n1. The first-order chi connectivity index (χ1) is 14.9. The minimum atomic E-state index is -0.713. The first-order valence-corrected chi connectivity index (χ1v) is 9.51. The minimum absolute atomic E-state index is 0.0660. The molecule has 3 amide bonds. The molecule has 2 heterocycles. The maximum atomic E-state index is 12.0. The molecule has 0 fully saturated rings. The second-order valence-corrected chi connectivity index (χ2v) is 6.89. The molecule has 0 unspecified atom stereocenters. The number of nitrogens with one attached hydrogen (secondary N) is 3. The Morgan fingerprint density at radius 1 is 1.03 bits per heavy atom. The second kappa shape index (κ2) is 10.0. The van der Waals surface area contributed by atoms with Crippen molar-refractivity contribution in [2.45, 2.75) is 19.9 Å². The van der Waals surface area contributed by atoms with E-state index in [9.17, 15) is 9.59 Å². The zero-order valence-electron chi connectivity index (χ0n) is 17.0. The molecule has 8 nitrogen and oxygen atoms in total. The second-order valence-electron chi connectivity index (χ2n) is 6.89. The molecule has 156 valence electrons. The molecule has 0 aliphatic rings. The summed E-state index contributed by atoms with van der Waals surface area (Å²) in [6.07, 6.45) is 3.38. The molecule has 3 aromatic rings. The number of carbonyl (C=O) groups excluding carboxylic acids is 2. The minimum Gasteiger partial charge on any atom is -0.336 e. The highest BCUT2D eigenvalue weighted by Gasteiger charge is 2.13. The molecule has 0 spiro atoms. The van der Waals surface area contributed by atoms with E-state index in [-0.39, 0.29) is 17.4 Å². The molecule has 4 N–H and O–H groups in total. The number of anilines is 1. The molecular formula is C23H21N5O3. The summed E-state index contributed by atoms with van der Waals surface area (Å²) in [5.41, 5.74) is 4.52. The summed E-state index contributed by atoms with van der Waals surface area (Å²) in [6.45, 7) is 3.65. The highest BCUT2D eigenvalue weighted by Crippen LogP contribution is 2.22. The Morgan fingerprint density at radius 2 is 1.77 bits per heavy atom. The Kier molecular flexibility index (Phi) is 6.93. The molecule has 2 aromatic heterocycles. The van der Waals surface area contributed by atoms with Gasteiger partial charge in [0, 0.05) is 40.7 Å². The molecule has 0 aliphatic heterocycles. The van der Waals surface area contributed by atoms with Gasteiger partial charge in [0.25, 0.3) is 5.91 Å². The average Bonchev–Trinajstić information content (AvgIpc) is 2.77. The van der Waals surface area contributed by atoms with Crippen LogP contribution in [0.25, 0.3) is 11.3 Å². The molecule has 0 saturated carbocycles. The Labute approximate surface area is 179 Å². The molecule has 8 heteroatoms. The highest BCUT2D eigenvalue weighted by molar-refractivity contribution is 5.97. The number of hydrogen-bond donors (Lipinski definition) is 4. The van der Waals surface area contributed by atoms with Crippen molar-refractivity contribution < 1.29 is 14.8 Å². The number of benzene rings is 1. The summed E-state index contributed by atoms with van der Waals surface area (Å²) in [7, 11) is 0. The summed E-state index contributed by atoms with van der Waals surface area (Å²) in [4.78, 5) is 32.4. The van der Waals surface area contributed by atoms with E-state index in [1.54, 1.807) is 17.9 Å². The van der Waals surface area contributed by atoms with Crippen molar-refractivity contribution in [3.8, 4) is 23.1 Å². The number of carbonyl (C=O) groups is 2. The Balaban J connectivity index is 1.88. The monoisotopic (exact) mass is 415 g/mol. The molecule has 0 saturated heterocycles. The van der Waals surface area contributed by atoms with Gasteiger partial charge < -0.3 is 5.32 Å². The number of hydroxylamine groups is 1. The summed E-state index contributed by atoms with van der Waals surface area (Å²) >= 11 is 0. The lowest BCUT2D eigenvalue weighted by Crippen LogP contribution is -2.34. The quantitative estimate of drug-likeness (QED) is 0.297. The predicted octanol–water partition coefficient (Wildman–Crippen LogP) is 3.19. The van der Waals surface area contributed by atoms with Crippen LogP contribution in [0.15, 0.2) is 60.9 Å². The third-order valence-corrected chi connectivity index (χ3v) is 4.04. The van der Waals surface area contributed by atoms with E-state index in [1.165, 1.54) is 12.1 Å². The summed E-state index contributed by atoms with van der Waals surface area (Å²) in [6, 6.07) is 13.4. The zero-order chi connectivity index (χ0) is 22.2. The predicted molar refractivity (Wildman–Crippen MR) is 116 cm³/mol. The molecule has 1 aromatic carbocycles. The molecule has 0 radical (unpaired) electrons. The van der Waals surface area contributed by atoms with Crippen LogP contribution in [0.4, 0.5) is 10.6 Å². The lowest BCUT2D eigenvalue weighted by atomic mass is 10.1. The van der Waals surface area contributed by atoms with Crippen LogP contribution in [-0.2, 0) is 0 Å². The molecule has 0 aliphatic carbocycles. The van der Waals surface area contributed by atoms with Crippen LogP contribution >= 0.6 is 0 Å². The molecule has 31 heavy (non-hydrogen) atoms. The van der Waals surface area contributed by atoms with Gasteiger partial charge in [-0.15, -0.1) is 0 Å². The van der Waals surface area contributed by atoms with Gasteiger partial charge in [-0.1, -0.05) is 24.0 Å². The van der Waals surface area contributed by atoms with E-state index < -0.39 is 11.9 Å². The van der Waals surface area contributed by atoms with Crippen molar-refractivity contribution >= 4 is 17.8 Å². The van der Waals surface area contributed by atoms with Crippen LogP contribution in [0.3, 0.4) is 0 Å². The fourth-order valence-corrected chi connectivity index (χ4v) is 2.66. The number of pyridine rings is 2. The van der Waals surface area contributed by atoms with Gasteiger partial charge in [0.05, 0.1) is 5.69 Å². The summed E-state index contributed by atoms with van der Waals surface area (Å²) in [5, 5.41) is 14.3. The number of amides is 3. The van der Waals surface area contributed by atoms with Crippen molar-refractivity contribution in [3.05, 3.63) is 77.6 Å². The van der Waals surface area contributed by atoms with E-state index in [1.807, 2.05) is 50.2 Å². The topological polar surface area (TPSA) is 116 Å². The van der Waals surface area contributed by atoms with Crippen LogP contribution in [-0.4, -0.2) is 33.2 Å². The standard InChI is InChI=1S/C23H21N5O3/c1-15(2)25-23(30)27-21-13-19(22(29)28-31)12-20(26-21)18-9-7-16(8-10-18)5-6-17-4-3-11-24-14-17/h3-4,7-15,31H,1-2H3,(H,28,29)(H2,25,26,27,30). The third kappa shape index (κ3) is 6.13. The van der Waals surface area contributed by atoms with Crippen molar-refractivity contribution in [2.75, 3.05) is 5.32 Å². The lowest BCUT2D eigenvalue weighted by Gasteiger charge is -2.12. The highest BCUT2D eigenvalue weighted by atomic mass is 16.5. The maximum absolute atomic E-state index is 12.0. The number of nitrogens with zero attached hydrogens (tertiary/aromatic N) is 2. The number of rotatable bonds is 4. The fraction of sp³-hybridized carbons (Fsp3) is 0.130. The van der Waals surface area contributed by atoms with Gasteiger partial charge in [-0.05, 0) is 50.2 Å². The average molecular weight is 415 g/mol. The number of urea groups is 1. The molecule has 3 rings (SSSR count). The largest absolute Gasteiger partial charge is 0.336 e. The van der Waals surface area contributed by atoms with Crippen molar-refractivity contribution in [2.24, 2.45) is 0 Å². The normalized spacial score (nSPS) is 10.1. The molecule has 0 bridgehead atoms. The smallest absolute Gasteiger partial charge is 0.320 e. The van der Waals surface area contributed by atoms with Crippen LogP contribution in [0.2, 0.25) is 0 Å². The van der Waals surface area contributed by atoms with Crippen LogP contribution in [0.1, 0.15) is 35.3 Å². The van der Waals surface area contributed by atoms with Gasteiger partial charge in [0.1, 0.15) is 5.82 Å². The van der Waals surface area contributed by atoms with Gasteiger partial charge in [0.2, 0.25) is 0 Å². The van der Waals surface area contributed by atoms with E-state index in [0.717, 1.165) is 11.1 Å². The van der Waals surface area contributed by atoms with Crippen molar-refractivity contribution in [3.63, 3.8) is 0 Å². The number of hydrogen-bond acceptors (Lipinski definition) is 5. The maximum Gasteiger partial charge on any atom is 0.320 e. The summed E-state index contributed by atoms with van der Waals surface area (Å²) < 4.78 is 0. The van der Waals surface area contributed by atoms with E-state index in [4.69, 9.17) is 5.21 Å². The first kappa shape index (κ1) is 21.5. The molecule has 0 atom stereocenters. The van der Waals surface area contributed by atoms with Crippen LogP contribution in [0.5, 0.6) is 0 Å². The summed E-state index contributed by atoms with van der Waals surface area (Å²) in [5.74, 6) is 5.56. The first-order valence-electron chi connectivity index (χ1n) is 9.51. The zero-order valence-corrected chi connectivity index (χ0v) is 17.0.